The lowest BCUT2D eigenvalue weighted by Crippen LogP contribution is -2.36. The van der Waals surface area contributed by atoms with Gasteiger partial charge in [-0.2, -0.15) is 0 Å². The van der Waals surface area contributed by atoms with Crippen LogP contribution in [0.1, 0.15) is 11.1 Å². The number of anilines is 3. The number of benzene rings is 3. The molecule has 4 N–H and O–H groups in total. The predicted molar refractivity (Wildman–Crippen MR) is 155 cm³/mol. The van der Waals surface area contributed by atoms with E-state index in [1.54, 1.807) is 19.4 Å². The average Bonchev–Trinajstić information content (AvgIpc) is 2.94. The van der Waals surface area contributed by atoms with Crippen LogP contribution in [-0.4, -0.2) is 45.5 Å². The van der Waals surface area contributed by atoms with Crippen LogP contribution in [0.3, 0.4) is 0 Å². The Morgan fingerprint density at radius 3 is 2.29 bits per heavy atom. The highest BCUT2D eigenvalue weighted by Crippen LogP contribution is 2.20. The summed E-state index contributed by atoms with van der Waals surface area (Å²) >= 11 is 0. The van der Waals surface area contributed by atoms with Crippen LogP contribution in [0.2, 0.25) is 0 Å². The number of hydrogen-bond acceptors (Lipinski definition) is 7. The van der Waals surface area contributed by atoms with Gasteiger partial charge in [-0.25, -0.2) is 4.99 Å². The first-order valence-corrected chi connectivity index (χ1v) is 12.4. The Kier molecular flexibility index (Phi) is 9.15. The molecular weight excluding hydrogens is 478 g/mol. The number of nitrogens with one attached hydrogen (secondary N) is 2. The first-order chi connectivity index (χ1) is 18.5. The number of carbonyl (C=O) groups excluding carboxylic acids is 1. The number of rotatable bonds is 10. The Hall–Kier alpha value is -4.56. The first kappa shape index (κ1) is 26.5. The van der Waals surface area contributed by atoms with E-state index < -0.39 is 0 Å². The molecule has 8 nitrogen and oxygen atoms in total. The largest absolute Gasteiger partial charge is 0.497 e. The van der Waals surface area contributed by atoms with E-state index >= 15 is 0 Å². The fraction of sp³-hybridized carbons (Fsp3) is 0.200. The number of hydrogen-bond donors (Lipinski definition) is 3. The quantitative estimate of drug-likeness (QED) is 0.342. The minimum atomic E-state index is -0.0969. The van der Waals surface area contributed by atoms with Gasteiger partial charge in [-0.05, 0) is 65.7 Å². The highest BCUT2D eigenvalue weighted by molar-refractivity contribution is 5.92. The summed E-state index contributed by atoms with van der Waals surface area (Å²) in [5.74, 6) is 1.17. The molecule has 38 heavy (non-hydrogen) atoms. The maximum atomic E-state index is 12.4. The van der Waals surface area contributed by atoms with Gasteiger partial charge in [-0.3, -0.25) is 4.79 Å². The van der Waals surface area contributed by atoms with Gasteiger partial charge in [-0.1, -0.05) is 30.8 Å². The van der Waals surface area contributed by atoms with Crippen molar-refractivity contribution in [1.82, 2.24) is 0 Å². The topological polar surface area (TPSA) is 101 Å². The van der Waals surface area contributed by atoms with E-state index in [1.807, 2.05) is 60.7 Å². The molecule has 4 rings (SSSR count). The molecule has 0 atom stereocenters. The fourth-order valence-electron chi connectivity index (χ4n) is 3.96. The molecular formula is C30H33N5O3. The predicted octanol–water partition coefficient (Wildman–Crippen LogP) is 4.67. The Morgan fingerprint density at radius 2 is 1.63 bits per heavy atom. The Morgan fingerprint density at radius 1 is 1.00 bits per heavy atom. The number of nitrogens with two attached hydrogens (primary N) is 1. The molecule has 1 amide bonds. The number of allylic oxidation sites excluding steroid dienone is 1. The Bertz CT molecular complexity index is 1280. The molecule has 3 aromatic carbocycles. The Labute approximate surface area is 223 Å². The molecule has 1 aliphatic heterocycles. The van der Waals surface area contributed by atoms with E-state index in [4.69, 9.17) is 15.2 Å². The van der Waals surface area contributed by atoms with Crippen LogP contribution in [0.25, 0.3) is 5.70 Å². The molecule has 1 fully saturated rings. The highest BCUT2D eigenvalue weighted by atomic mass is 16.5. The van der Waals surface area contributed by atoms with Crippen molar-refractivity contribution in [2.75, 3.05) is 48.9 Å². The minimum Gasteiger partial charge on any atom is -0.497 e. The third-order valence-corrected chi connectivity index (χ3v) is 6.04. The van der Waals surface area contributed by atoms with Gasteiger partial charge in [0.1, 0.15) is 11.6 Å². The minimum absolute atomic E-state index is 0.0969. The lowest BCUT2D eigenvalue weighted by molar-refractivity contribution is -0.115. The zero-order valence-electron chi connectivity index (χ0n) is 21.5. The third kappa shape index (κ3) is 7.72. The highest BCUT2D eigenvalue weighted by Gasteiger charge is 2.10. The van der Waals surface area contributed by atoms with Crippen molar-refractivity contribution in [3.63, 3.8) is 0 Å². The molecule has 1 aliphatic rings. The molecule has 0 bridgehead atoms. The Balaban J connectivity index is 1.25. The maximum absolute atomic E-state index is 12.4. The van der Waals surface area contributed by atoms with Crippen molar-refractivity contribution in [3.05, 3.63) is 102 Å². The van der Waals surface area contributed by atoms with Gasteiger partial charge in [0.2, 0.25) is 5.91 Å². The lowest BCUT2D eigenvalue weighted by atomic mass is 10.1. The van der Waals surface area contributed by atoms with E-state index in [0.29, 0.717) is 17.2 Å². The normalized spacial score (nSPS) is 13.8. The van der Waals surface area contributed by atoms with Gasteiger partial charge < -0.3 is 30.7 Å². The van der Waals surface area contributed by atoms with E-state index in [1.165, 1.54) is 5.69 Å². The molecule has 0 aliphatic carbocycles. The van der Waals surface area contributed by atoms with Crippen molar-refractivity contribution in [3.8, 4) is 5.75 Å². The summed E-state index contributed by atoms with van der Waals surface area (Å²) in [7, 11) is 1.61. The van der Waals surface area contributed by atoms with Gasteiger partial charge in [-0.15, -0.1) is 0 Å². The second-order valence-electron chi connectivity index (χ2n) is 8.77. The van der Waals surface area contributed by atoms with E-state index in [9.17, 15) is 4.79 Å². The van der Waals surface area contributed by atoms with Crippen molar-refractivity contribution in [2.45, 2.75) is 6.42 Å². The molecule has 1 saturated heterocycles. The number of methoxy groups -OCH3 is 1. The van der Waals surface area contributed by atoms with Crippen LogP contribution in [0, 0.1) is 0 Å². The van der Waals surface area contributed by atoms with Gasteiger partial charge in [0.05, 0.1) is 26.7 Å². The number of aliphatic imine (C=N–C) groups is 1. The van der Waals surface area contributed by atoms with Crippen molar-refractivity contribution >= 4 is 34.9 Å². The van der Waals surface area contributed by atoms with E-state index in [0.717, 1.165) is 48.9 Å². The second kappa shape index (κ2) is 13.1. The van der Waals surface area contributed by atoms with Gasteiger partial charge in [0.25, 0.3) is 0 Å². The van der Waals surface area contributed by atoms with Crippen LogP contribution in [0.15, 0.2) is 96.3 Å². The fourth-order valence-corrected chi connectivity index (χ4v) is 3.96. The summed E-state index contributed by atoms with van der Waals surface area (Å²) in [6, 6.07) is 22.9. The van der Waals surface area contributed by atoms with Crippen LogP contribution in [0.4, 0.5) is 17.1 Å². The molecule has 0 unspecified atom stereocenters. The zero-order chi connectivity index (χ0) is 26.7. The number of nitrogens with zero attached hydrogens (tertiary/aromatic N) is 2. The standard InChI is InChI=1S/C30H33N5O3/c1-22(33-25-9-11-27(12-10-25)35-17-19-38-20-18-35)32-16-15-29(31)24-5-7-26(8-6-24)34-30(36)21-23-3-13-28(37-2)14-4-23/h3-16,33H,1,17-21,31H2,2H3,(H,34,36)/b29-15-,32-16?. The number of carbonyl (C=O) groups is 1. The monoisotopic (exact) mass is 511 g/mol. The first-order valence-electron chi connectivity index (χ1n) is 12.4. The summed E-state index contributed by atoms with van der Waals surface area (Å²) in [4.78, 5) is 19.0. The lowest BCUT2D eigenvalue weighted by Gasteiger charge is -2.28. The van der Waals surface area contributed by atoms with Crippen molar-refractivity contribution in [1.29, 1.82) is 0 Å². The summed E-state index contributed by atoms with van der Waals surface area (Å²) in [6.45, 7) is 7.28. The third-order valence-electron chi connectivity index (χ3n) is 6.04. The molecule has 3 aromatic rings. The zero-order valence-corrected chi connectivity index (χ0v) is 21.5. The molecule has 0 saturated carbocycles. The molecule has 1 heterocycles. The van der Waals surface area contributed by atoms with Gasteiger partial charge >= 0.3 is 0 Å². The smallest absolute Gasteiger partial charge is 0.228 e. The average molecular weight is 512 g/mol. The number of amides is 1. The summed E-state index contributed by atoms with van der Waals surface area (Å²) in [6.07, 6.45) is 3.60. The number of ether oxygens (including phenoxy) is 2. The van der Waals surface area contributed by atoms with Crippen LogP contribution in [-0.2, 0) is 16.0 Å². The SMILES string of the molecule is C=C(N=C/C=C(\N)c1ccc(NC(=O)Cc2ccc(OC)cc2)cc1)Nc1ccc(N2CCOCC2)cc1. The summed E-state index contributed by atoms with van der Waals surface area (Å²) in [5, 5.41) is 6.09. The molecule has 0 spiro atoms. The van der Waals surface area contributed by atoms with Crippen LogP contribution >= 0.6 is 0 Å². The maximum Gasteiger partial charge on any atom is 0.228 e. The molecule has 8 heteroatoms. The van der Waals surface area contributed by atoms with Gasteiger partial charge in [0.15, 0.2) is 0 Å². The van der Waals surface area contributed by atoms with Gasteiger partial charge in [0, 0.05) is 42.1 Å². The van der Waals surface area contributed by atoms with Crippen molar-refractivity contribution < 1.29 is 14.3 Å². The van der Waals surface area contributed by atoms with E-state index in [-0.39, 0.29) is 12.3 Å². The second-order valence-corrected chi connectivity index (χ2v) is 8.77. The van der Waals surface area contributed by atoms with Crippen LogP contribution < -0.4 is 26.0 Å². The van der Waals surface area contributed by atoms with Crippen molar-refractivity contribution in [2.24, 2.45) is 10.7 Å². The summed E-state index contributed by atoms with van der Waals surface area (Å²) < 4.78 is 10.6. The van der Waals surface area contributed by atoms with E-state index in [2.05, 4.69) is 39.2 Å². The molecule has 0 radical (unpaired) electrons. The van der Waals surface area contributed by atoms with Crippen LogP contribution in [0.5, 0.6) is 5.75 Å². The number of morpholine rings is 1. The molecule has 196 valence electrons. The molecule has 0 aromatic heterocycles. The summed E-state index contributed by atoms with van der Waals surface area (Å²) in [5.41, 5.74) is 11.3.